The maximum Gasteiger partial charge on any atom is 0.136 e. The highest BCUT2D eigenvalue weighted by atomic mass is 32.1. The van der Waals surface area contributed by atoms with Crippen LogP contribution in [0.4, 0.5) is 5.82 Å². The van der Waals surface area contributed by atoms with E-state index in [1.54, 1.807) is 6.20 Å². The van der Waals surface area contributed by atoms with E-state index in [2.05, 4.69) is 17.2 Å². The molecular weight excluding hydrogens is 242 g/mol. The third-order valence-corrected chi connectivity index (χ3v) is 3.89. The minimum atomic E-state index is 0.410. The summed E-state index contributed by atoms with van der Waals surface area (Å²) in [7, 11) is 0. The van der Waals surface area contributed by atoms with E-state index in [0.29, 0.717) is 11.0 Å². The van der Waals surface area contributed by atoms with Crippen molar-refractivity contribution in [3.8, 4) is 0 Å². The lowest BCUT2D eigenvalue weighted by molar-refractivity contribution is 0.502. The number of anilines is 1. The molecule has 3 N–H and O–H groups in total. The van der Waals surface area contributed by atoms with Crippen LogP contribution in [0, 0.1) is 5.92 Å². The first-order chi connectivity index (χ1) is 8.66. The molecule has 1 aromatic rings. The first-order valence-corrected chi connectivity index (χ1v) is 7.09. The third kappa shape index (κ3) is 3.42. The largest absolute Gasteiger partial charge is 0.389 e. The van der Waals surface area contributed by atoms with Gasteiger partial charge in [0.1, 0.15) is 10.8 Å². The quantitative estimate of drug-likeness (QED) is 0.650. The molecule has 0 aromatic carbocycles. The molecule has 98 valence electrons. The Bertz CT molecular complexity index is 419. The smallest absolute Gasteiger partial charge is 0.136 e. The monoisotopic (exact) mass is 263 g/mol. The lowest BCUT2D eigenvalue weighted by Crippen LogP contribution is -2.22. The van der Waals surface area contributed by atoms with Crippen LogP contribution in [0.25, 0.3) is 0 Å². The molecule has 2 atom stereocenters. The summed E-state index contributed by atoms with van der Waals surface area (Å²) in [6.07, 6.45) is 8.10. The second-order valence-corrected chi connectivity index (χ2v) is 5.66. The highest BCUT2D eigenvalue weighted by molar-refractivity contribution is 7.80. The van der Waals surface area contributed by atoms with Crippen molar-refractivity contribution >= 4 is 23.0 Å². The number of nitrogens with one attached hydrogen (secondary N) is 1. The van der Waals surface area contributed by atoms with Gasteiger partial charge in [0.15, 0.2) is 0 Å². The molecule has 2 rings (SSSR count). The van der Waals surface area contributed by atoms with Crippen LogP contribution in [0.5, 0.6) is 0 Å². The minimum Gasteiger partial charge on any atom is -0.389 e. The fourth-order valence-corrected chi connectivity index (χ4v) is 2.71. The number of hydrogen-bond acceptors (Lipinski definition) is 3. The molecule has 1 aliphatic rings. The fraction of sp³-hybridized carbons (Fsp3) is 0.571. The topological polar surface area (TPSA) is 50.9 Å². The zero-order valence-corrected chi connectivity index (χ0v) is 11.7. The van der Waals surface area contributed by atoms with Crippen molar-refractivity contribution in [3.05, 3.63) is 23.9 Å². The van der Waals surface area contributed by atoms with Gasteiger partial charge in [-0.25, -0.2) is 4.98 Å². The lowest BCUT2D eigenvalue weighted by Gasteiger charge is -2.18. The van der Waals surface area contributed by atoms with Crippen LogP contribution in [-0.2, 0) is 0 Å². The molecular formula is C14H21N3S. The van der Waals surface area contributed by atoms with Gasteiger partial charge >= 0.3 is 0 Å². The number of thiocarbonyl (C=S) groups is 1. The Morgan fingerprint density at radius 3 is 3.00 bits per heavy atom. The summed E-state index contributed by atoms with van der Waals surface area (Å²) in [5.41, 5.74) is 6.58. The summed E-state index contributed by atoms with van der Waals surface area (Å²) in [6, 6.07) is 4.30. The van der Waals surface area contributed by atoms with Gasteiger partial charge in [-0.2, -0.15) is 0 Å². The van der Waals surface area contributed by atoms with Gasteiger partial charge in [-0.3, -0.25) is 0 Å². The predicted octanol–water partition coefficient (Wildman–Crippen LogP) is 3.10. The van der Waals surface area contributed by atoms with Crippen molar-refractivity contribution in [3.63, 3.8) is 0 Å². The third-order valence-electron chi connectivity index (χ3n) is 3.67. The second kappa shape index (κ2) is 6.14. The summed E-state index contributed by atoms with van der Waals surface area (Å²) >= 11 is 5.06. The van der Waals surface area contributed by atoms with E-state index < -0.39 is 0 Å². The molecule has 1 saturated carbocycles. The molecule has 1 fully saturated rings. The number of pyridine rings is 1. The highest BCUT2D eigenvalue weighted by Gasteiger charge is 2.17. The number of rotatable bonds is 3. The molecule has 0 radical (unpaired) electrons. The molecule has 4 heteroatoms. The molecule has 0 spiro atoms. The average molecular weight is 263 g/mol. The molecule has 1 aromatic heterocycles. The predicted molar refractivity (Wildman–Crippen MR) is 79.8 cm³/mol. The van der Waals surface area contributed by atoms with E-state index in [1.165, 1.54) is 32.1 Å². The SMILES string of the molecule is CC1CCCC(Nc2ncccc2C(N)=S)CC1. The van der Waals surface area contributed by atoms with Crippen LogP contribution >= 0.6 is 12.2 Å². The van der Waals surface area contributed by atoms with Gasteiger partial charge < -0.3 is 11.1 Å². The Labute approximate surface area is 114 Å². The molecule has 0 saturated heterocycles. The Hall–Kier alpha value is -1.16. The summed E-state index contributed by atoms with van der Waals surface area (Å²) in [5.74, 6) is 1.68. The Morgan fingerprint density at radius 2 is 2.22 bits per heavy atom. The summed E-state index contributed by atoms with van der Waals surface area (Å²) in [4.78, 5) is 4.77. The van der Waals surface area contributed by atoms with E-state index in [-0.39, 0.29) is 0 Å². The van der Waals surface area contributed by atoms with Gasteiger partial charge in [0.2, 0.25) is 0 Å². The molecule has 0 bridgehead atoms. The second-order valence-electron chi connectivity index (χ2n) is 5.22. The van der Waals surface area contributed by atoms with E-state index in [4.69, 9.17) is 18.0 Å². The fourth-order valence-electron chi connectivity index (χ4n) is 2.54. The van der Waals surface area contributed by atoms with Crippen LogP contribution in [-0.4, -0.2) is 16.0 Å². The summed E-state index contributed by atoms with van der Waals surface area (Å²) < 4.78 is 0. The average Bonchev–Trinajstić information content (AvgIpc) is 2.55. The standard InChI is InChI=1S/C14H21N3S/c1-10-4-2-5-11(8-7-10)17-14-12(13(15)18)6-3-9-16-14/h3,6,9-11H,2,4-5,7-8H2,1H3,(H2,15,18)(H,16,17). The van der Waals surface area contributed by atoms with Gasteiger partial charge in [0.25, 0.3) is 0 Å². The van der Waals surface area contributed by atoms with Gasteiger partial charge in [-0.05, 0) is 37.3 Å². The minimum absolute atomic E-state index is 0.410. The zero-order chi connectivity index (χ0) is 13.0. The van der Waals surface area contributed by atoms with Crippen LogP contribution in [0.1, 0.15) is 44.6 Å². The molecule has 3 nitrogen and oxygen atoms in total. The zero-order valence-electron chi connectivity index (χ0n) is 10.9. The first kappa shape index (κ1) is 13.3. The van der Waals surface area contributed by atoms with E-state index >= 15 is 0 Å². The number of nitrogens with zero attached hydrogens (tertiary/aromatic N) is 1. The number of hydrogen-bond donors (Lipinski definition) is 2. The molecule has 0 aliphatic heterocycles. The lowest BCUT2D eigenvalue weighted by atomic mass is 10.0. The Balaban J connectivity index is 2.06. The molecule has 1 heterocycles. The van der Waals surface area contributed by atoms with Gasteiger partial charge in [-0.1, -0.05) is 32.0 Å². The first-order valence-electron chi connectivity index (χ1n) is 6.68. The van der Waals surface area contributed by atoms with Crippen molar-refractivity contribution in [2.45, 2.75) is 45.1 Å². The molecule has 18 heavy (non-hydrogen) atoms. The van der Waals surface area contributed by atoms with Gasteiger partial charge in [-0.15, -0.1) is 0 Å². The maximum atomic E-state index is 5.72. The summed E-state index contributed by atoms with van der Waals surface area (Å²) in [5, 5.41) is 3.51. The van der Waals surface area contributed by atoms with Crippen LogP contribution in [0.2, 0.25) is 0 Å². The van der Waals surface area contributed by atoms with Crippen molar-refractivity contribution in [1.29, 1.82) is 0 Å². The van der Waals surface area contributed by atoms with Crippen molar-refractivity contribution in [1.82, 2.24) is 4.98 Å². The van der Waals surface area contributed by atoms with Crippen LogP contribution < -0.4 is 11.1 Å². The van der Waals surface area contributed by atoms with E-state index in [9.17, 15) is 0 Å². The van der Waals surface area contributed by atoms with Crippen LogP contribution in [0.3, 0.4) is 0 Å². The molecule has 0 amide bonds. The molecule has 1 aliphatic carbocycles. The van der Waals surface area contributed by atoms with Crippen molar-refractivity contribution in [2.75, 3.05) is 5.32 Å². The Morgan fingerprint density at radius 1 is 1.39 bits per heavy atom. The van der Waals surface area contributed by atoms with Gasteiger partial charge in [0.05, 0.1) is 5.56 Å². The summed E-state index contributed by atoms with van der Waals surface area (Å²) in [6.45, 7) is 2.34. The maximum absolute atomic E-state index is 5.72. The Kier molecular flexibility index (Phi) is 4.53. The van der Waals surface area contributed by atoms with E-state index in [0.717, 1.165) is 17.3 Å². The van der Waals surface area contributed by atoms with Crippen molar-refractivity contribution < 1.29 is 0 Å². The number of nitrogens with two attached hydrogens (primary N) is 1. The highest BCUT2D eigenvalue weighted by Crippen LogP contribution is 2.25. The van der Waals surface area contributed by atoms with E-state index in [1.807, 2.05) is 12.1 Å². The molecule has 2 unspecified atom stereocenters. The van der Waals surface area contributed by atoms with Crippen molar-refractivity contribution in [2.24, 2.45) is 11.7 Å². The van der Waals surface area contributed by atoms with Gasteiger partial charge in [0, 0.05) is 12.2 Å². The number of aromatic nitrogens is 1. The normalized spacial score (nSPS) is 24.3. The van der Waals surface area contributed by atoms with Crippen LogP contribution in [0.15, 0.2) is 18.3 Å².